The van der Waals surface area contributed by atoms with Crippen molar-refractivity contribution in [2.24, 2.45) is 10.4 Å². The summed E-state index contributed by atoms with van der Waals surface area (Å²) in [5.74, 6) is 0.726. The first-order valence-electron chi connectivity index (χ1n) is 8.76. The molecule has 0 aliphatic heterocycles. The van der Waals surface area contributed by atoms with Crippen LogP contribution in [0, 0.1) is 5.41 Å². The number of nitrogens with one attached hydrogen (secondary N) is 2. The molecule has 0 aromatic carbocycles. The lowest BCUT2D eigenvalue weighted by Crippen LogP contribution is -2.49. The van der Waals surface area contributed by atoms with Gasteiger partial charge in [0, 0.05) is 41.3 Å². The first-order valence-corrected chi connectivity index (χ1v) is 8.76. The monoisotopic (exact) mass is 467 g/mol. The Morgan fingerprint density at radius 2 is 1.64 bits per heavy atom. The van der Waals surface area contributed by atoms with E-state index in [1.54, 1.807) is 19.0 Å². The average molecular weight is 467 g/mol. The molecule has 0 spiro atoms. The topological polar surface area (TPSA) is 77.0 Å². The van der Waals surface area contributed by atoms with E-state index in [4.69, 9.17) is 0 Å². The second kappa shape index (κ2) is 11.5. The number of aliphatic imine (C=N–C) groups is 1. The molecule has 0 saturated heterocycles. The highest BCUT2D eigenvalue weighted by Gasteiger charge is 2.42. The minimum absolute atomic E-state index is 0. The van der Waals surface area contributed by atoms with Crippen LogP contribution in [0.15, 0.2) is 4.99 Å². The van der Waals surface area contributed by atoms with E-state index in [-0.39, 0.29) is 47.8 Å². The normalized spacial score (nSPS) is 16.0. The van der Waals surface area contributed by atoms with Crippen LogP contribution in [0.1, 0.15) is 39.0 Å². The van der Waals surface area contributed by atoms with Gasteiger partial charge in [-0.25, -0.2) is 4.99 Å². The molecule has 1 aliphatic rings. The largest absolute Gasteiger partial charge is 0.356 e. The number of hydrogen-bond acceptors (Lipinski definition) is 3. The Balaban J connectivity index is 0.00000576. The Kier molecular flexibility index (Phi) is 11.0. The van der Waals surface area contributed by atoms with Gasteiger partial charge in [0.2, 0.25) is 11.8 Å². The van der Waals surface area contributed by atoms with Crippen LogP contribution in [0.2, 0.25) is 0 Å². The van der Waals surface area contributed by atoms with E-state index >= 15 is 0 Å². The van der Waals surface area contributed by atoms with Crippen molar-refractivity contribution in [1.29, 1.82) is 0 Å². The smallest absolute Gasteiger partial charge is 0.243 e. The van der Waals surface area contributed by atoms with Crippen LogP contribution in [-0.2, 0) is 9.59 Å². The molecule has 0 heterocycles. The summed E-state index contributed by atoms with van der Waals surface area (Å²) >= 11 is 0. The highest BCUT2D eigenvalue weighted by molar-refractivity contribution is 14.0. The van der Waals surface area contributed by atoms with Gasteiger partial charge in [0.05, 0.1) is 5.41 Å². The van der Waals surface area contributed by atoms with Crippen LogP contribution in [-0.4, -0.2) is 75.4 Å². The maximum atomic E-state index is 12.6. The van der Waals surface area contributed by atoms with Gasteiger partial charge in [-0.05, 0) is 19.3 Å². The molecule has 2 amide bonds. The van der Waals surface area contributed by atoms with Crippen molar-refractivity contribution in [1.82, 2.24) is 20.4 Å². The Labute approximate surface area is 169 Å². The van der Waals surface area contributed by atoms with Crippen LogP contribution in [0.4, 0.5) is 0 Å². The summed E-state index contributed by atoms with van der Waals surface area (Å²) in [7, 11) is 7.05. The molecule has 1 saturated carbocycles. The molecule has 1 rings (SSSR count). The lowest BCUT2D eigenvalue weighted by atomic mass is 9.84. The van der Waals surface area contributed by atoms with Crippen molar-refractivity contribution in [3.05, 3.63) is 0 Å². The quantitative estimate of drug-likeness (QED) is 0.336. The first kappa shape index (κ1) is 23.9. The Morgan fingerprint density at radius 1 is 1.04 bits per heavy atom. The van der Waals surface area contributed by atoms with Gasteiger partial charge >= 0.3 is 0 Å². The van der Waals surface area contributed by atoms with Crippen molar-refractivity contribution in [3.8, 4) is 0 Å². The molecule has 7 nitrogen and oxygen atoms in total. The minimum atomic E-state index is -0.357. The average Bonchev–Trinajstić information content (AvgIpc) is 3.02. The molecule has 0 bridgehead atoms. The maximum absolute atomic E-state index is 12.6. The lowest BCUT2D eigenvalue weighted by molar-refractivity contribution is -0.138. The molecule has 1 aliphatic carbocycles. The highest BCUT2D eigenvalue weighted by Crippen LogP contribution is 2.38. The second-order valence-corrected chi connectivity index (χ2v) is 6.92. The van der Waals surface area contributed by atoms with Gasteiger partial charge in [0.1, 0.15) is 6.54 Å². The van der Waals surface area contributed by atoms with Crippen LogP contribution >= 0.6 is 24.0 Å². The zero-order valence-electron chi connectivity index (χ0n) is 16.2. The zero-order chi connectivity index (χ0) is 18.2. The van der Waals surface area contributed by atoms with Crippen molar-refractivity contribution in [2.45, 2.75) is 39.0 Å². The molecule has 2 N–H and O–H groups in total. The van der Waals surface area contributed by atoms with Crippen molar-refractivity contribution >= 4 is 41.8 Å². The van der Waals surface area contributed by atoms with Gasteiger partial charge in [-0.15, -0.1) is 24.0 Å². The highest BCUT2D eigenvalue weighted by atomic mass is 127. The fourth-order valence-corrected chi connectivity index (χ4v) is 2.95. The number of halogens is 1. The van der Waals surface area contributed by atoms with E-state index in [9.17, 15) is 9.59 Å². The van der Waals surface area contributed by atoms with Crippen molar-refractivity contribution in [2.75, 3.05) is 47.8 Å². The van der Waals surface area contributed by atoms with Gasteiger partial charge in [-0.1, -0.05) is 19.8 Å². The predicted octanol–water partition coefficient (Wildman–Crippen LogP) is 1.29. The van der Waals surface area contributed by atoms with E-state index < -0.39 is 0 Å². The van der Waals surface area contributed by atoms with Gasteiger partial charge < -0.3 is 20.4 Å². The molecule has 146 valence electrons. The number of nitrogens with zero attached hydrogens (tertiary/aromatic N) is 3. The number of likely N-dealkylation sites (N-methyl/N-ethyl adjacent to an activating group) is 1. The Morgan fingerprint density at radius 3 is 2.12 bits per heavy atom. The molecule has 25 heavy (non-hydrogen) atoms. The second-order valence-electron chi connectivity index (χ2n) is 6.92. The van der Waals surface area contributed by atoms with E-state index in [0.29, 0.717) is 12.5 Å². The molecule has 0 unspecified atom stereocenters. The number of carbonyl (C=O) groups excluding carboxylic acids is 2. The van der Waals surface area contributed by atoms with Gasteiger partial charge in [0.25, 0.3) is 0 Å². The molecule has 0 aromatic rings. The number of guanidine groups is 1. The van der Waals surface area contributed by atoms with E-state index in [1.807, 2.05) is 14.1 Å². The number of carbonyl (C=O) groups is 2. The first-order chi connectivity index (χ1) is 11.3. The summed E-state index contributed by atoms with van der Waals surface area (Å²) in [5.41, 5.74) is -0.357. The molecule has 0 radical (unpaired) electrons. The van der Waals surface area contributed by atoms with E-state index in [0.717, 1.165) is 38.6 Å². The van der Waals surface area contributed by atoms with Crippen molar-refractivity contribution < 1.29 is 9.59 Å². The summed E-state index contributed by atoms with van der Waals surface area (Å²) < 4.78 is 0. The number of amides is 2. The summed E-state index contributed by atoms with van der Waals surface area (Å²) in [6.07, 6.45) is 4.91. The van der Waals surface area contributed by atoms with Gasteiger partial charge in [-0.3, -0.25) is 9.59 Å². The fourth-order valence-electron chi connectivity index (χ4n) is 2.95. The van der Waals surface area contributed by atoms with E-state index in [2.05, 4.69) is 22.5 Å². The number of hydrogen-bond donors (Lipinski definition) is 2. The number of rotatable bonds is 7. The molecule has 1 fully saturated rings. The van der Waals surface area contributed by atoms with Crippen LogP contribution in [0.3, 0.4) is 0 Å². The van der Waals surface area contributed by atoms with Crippen molar-refractivity contribution in [3.63, 3.8) is 0 Å². The molecule has 0 atom stereocenters. The molecule has 8 heteroatoms. The lowest BCUT2D eigenvalue weighted by Gasteiger charge is -2.31. The molecular formula is C17H34IN5O2. The summed E-state index contributed by atoms with van der Waals surface area (Å²) in [6, 6.07) is 0. The summed E-state index contributed by atoms with van der Waals surface area (Å²) in [6.45, 7) is 3.50. The van der Waals surface area contributed by atoms with Crippen LogP contribution in [0.25, 0.3) is 0 Å². The van der Waals surface area contributed by atoms with Crippen LogP contribution in [0.5, 0.6) is 0 Å². The molecular weight excluding hydrogens is 433 g/mol. The third kappa shape index (κ3) is 7.37. The predicted molar refractivity (Wildman–Crippen MR) is 112 cm³/mol. The van der Waals surface area contributed by atoms with Gasteiger partial charge in [0.15, 0.2) is 5.96 Å². The fraction of sp³-hybridized carbons (Fsp3) is 0.824. The van der Waals surface area contributed by atoms with Gasteiger partial charge in [-0.2, -0.15) is 0 Å². The molecule has 0 aromatic heterocycles. The van der Waals surface area contributed by atoms with E-state index in [1.165, 1.54) is 4.90 Å². The minimum Gasteiger partial charge on any atom is -0.356 e. The standard InChI is InChI=1S/C17H33N5O2.HI/c1-6-11-18-16(19-12-14(23)21(2)3)20-13-17(9-7-8-10-17)15(24)22(4)5;/h6-13H2,1-5H3,(H2,18,19,20);1H. The Bertz CT molecular complexity index is 460. The summed E-state index contributed by atoms with van der Waals surface area (Å²) in [4.78, 5) is 31.9. The SMILES string of the molecule is CCCNC(=NCC(=O)N(C)C)NCC1(C(=O)N(C)C)CCCC1.I. The Hall–Kier alpha value is -1.06. The third-order valence-corrected chi connectivity index (χ3v) is 4.43. The van der Waals surface area contributed by atoms with Crippen LogP contribution < -0.4 is 10.6 Å². The zero-order valence-corrected chi connectivity index (χ0v) is 18.6. The summed E-state index contributed by atoms with van der Waals surface area (Å²) in [5, 5.41) is 6.50. The third-order valence-electron chi connectivity index (χ3n) is 4.43. The maximum Gasteiger partial charge on any atom is 0.243 e.